The highest BCUT2D eigenvalue weighted by atomic mass is 16.8. The predicted octanol–water partition coefficient (Wildman–Crippen LogP) is 11.6. The number of benzene rings is 2. The zero-order valence-corrected chi connectivity index (χ0v) is 42.6. The Hall–Kier alpha value is -4.63. The van der Waals surface area contributed by atoms with Crippen LogP contribution < -0.4 is 24.3 Å². The summed E-state index contributed by atoms with van der Waals surface area (Å²) in [5.41, 5.74) is 2.94. The monoisotopic (exact) mass is 974 g/mol. The van der Waals surface area contributed by atoms with Crippen LogP contribution in [-0.2, 0) is 19.1 Å². The Morgan fingerprint density at radius 3 is 2.31 bits per heavy atom. The van der Waals surface area contributed by atoms with Crippen LogP contribution in [0.5, 0.6) is 23.0 Å². The maximum atomic E-state index is 14.9. The van der Waals surface area contributed by atoms with E-state index in [1.165, 1.54) is 45.6 Å². The van der Waals surface area contributed by atoms with E-state index in [0.717, 1.165) is 87.5 Å². The number of amides is 2. The summed E-state index contributed by atoms with van der Waals surface area (Å²) in [5, 5.41) is 27.9. The summed E-state index contributed by atoms with van der Waals surface area (Å²) in [4.78, 5) is 36.9. The van der Waals surface area contributed by atoms with Crippen LogP contribution in [0.25, 0.3) is 0 Å². The Morgan fingerprint density at radius 1 is 0.886 bits per heavy atom. The second kappa shape index (κ2) is 28.4. The summed E-state index contributed by atoms with van der Waals surface area (Å²) in [6.45, 7) is 9.85. The Bertz CT molecular complexity index is 2020. The van der Waals surface area contributed by atoms with Crippen molar-refractivity contribution < 1.29 is 53.1 Å². The average Bonchev–Trinajstić information content (AvgIpc) is 3.37. The van der Waals surface area contributed by atoms with Gasteiger partial charge in [0.05, 0.1) is 44.8 Å². The molecular formula is C56H83N3O11. The van der Waals surface area contributed by atoms with Gasteiger partial charge in [0, 0.05) is 56.6 Å². The van der Waals surface area contributed by atoms with Crippen LogP contribution in [0.2, 0.25) is 0 Å². The molecule has 6 rings (SSSR count). The van der Waals surface area contributed by atoms with Crippen molar-refractivity contribution in [2.45, 2.75) is 173 Å². The number of nitrogens with one attached hydrogen (secondary N) is 1. The van der Waals surface area contributed by atoms with Gasteiger partial charge < -0.3 is 48.4 Å². The van der Waals surface area contributed by atoms with Gasteiger partial charge in [0.1, 0.15) is 29.0 Å². The van der Waals surface area contributed by atoms with E-state index in [0.29, 0.717) is 67.5 Å². The minimum absolute atomic E-state index is 0.000816. The van der Waals surface area contributed by atoms with Gasteiger partial charge in [-0.15, -0.1) is 6.58 Å². The molecule has 0 spiro atoms. The number of carbonyl (C=O) groups excluding carboxylic acids is 2. The minimum Gasteiger partial charge on any atom is -0.497 e. The van der Waals surface area contributed by atoms with Gasteiger partial charge in [-0.2, -0.15) is 0 Å². The van der Waals surface area contributed by atoms with Gasteiger partial charge >= 0.3 is 6.09 Å². The first-order valence-electron chi connectivity index (χ1n) is 26.6. The highest BCUT2D eigenvalue weighted by Gasteiger charge is 2.65. The van der Waals surface area contributed by atoms with Gasteiger partial charge in [0.15, 0.2) is 0 Å². The molecule has 4 aliphatic rings. The molecule has 14 nitrogen and oxygen atoms in total. The Kier molecular flexibility index (Phi) is 22.2. The predicted molar refractivity (Wildman–Crippen MR) is 273 cm³/mol. The molecule has 2 aromatic rings. The zero-order chi connectivity index (χ0) is 49.7. The van der Waals surface area contributed by atoms with Crippen molar-refractivity contribution in [1.29, 1.82) is 0 Å². The topological polar surface area (TPSA) is 167 Å². The molecule has 0 aromatic heterocycles. The van der Waals surface area contributed by atoms with Crippen LogP contribution in [0, 0.1) is 17.8 Å². The smallest absolute Gasteiger partial charge is 0.417 e. The third-order valence-electron chi connectivity index (χ3n) is 14.6. The van der Waals surface area contributed by atoms with E-state index in [1.807, 2.05) is 17.0 Å². The van der Waals surface area contributed by atoms with E-state index in [-0.39, 0.29) is 43.5 Å². The quantitative estimate of drug-likeness (QED) is 0.0387. The first-order chi connectivity index (χ1) is 34.2. The summed E-state index contributed by atoms with van der Waals surface area (Å²) in [7, 11) is 3.08. The molecule has 2 aliphatic heterocycles. The number of allylic oxidation sites excluding steroid dienone is 1. The molecule has 14 heteroatoms. The van der Waals surface area contributed by atoms with Gasteiger partial charge in [-0.25, -0.2) is 4.79 Å². The fraction of sp³-hybridized carbons (Fsp3) is 0.661. The van der Waals surface area contributed by atoms with Crippen molar-refractivity contribution >= 4 is 23.4 Å². The van der Waals surface area contributed by atoms with E-state index in [2.05, 4.69) is 31.8 Å². The summed E-state index contributed by atoms with van der Waals surface area (Å²) in [6.07, 6.45) is 21.9. The lowest BCUT2D eigenvalue weighted by molar-refractivity contribution is -0.257. The molecule has 3 N–H and O–H groups in total. The Labute approximate surface area is 417 Å². The first kappa shape index (κ1) is 54.7. The molecule has 2 fully saturated rings. The average molecular weight is 974 g/mol. The number of unbranched alkanes of at least 4 members (excludes halogenated alkanes) is 10. The highest BCUT2D eigenvalue weighted by molar-refractivity contribution is 6.03. The van der Waals surface area contributed by atoms with Crippen LogP contribution in [0.15, 0.2) is 65.9 Å². The highest BCUT2D eigenvalue weighted by Crippen LogP contribution is 2.62. The first-order valence-corrected chi connectivity index (χ1v) is 26.6. The maximum Gasteiger partial charge on any atom is 0.417 e. The number of hydrogen-bond acceptors (Lipinski definition) is 12. The molecule has 0 bridgehead atoms. The number of nitrogens with zero attached hydrogens (tertiary/aromatic N) is 2. The fourth-order valence-corrected chi connectivity index (χ4v) is 11.2. The van der Waals surface area contributed by atoms with Crippen molar-refractivity contribution in [3.63, 3.8) is 0 Å². The number of ether oxygens (including phenoxy) is 6. The molecule has 70 heavy (non-hydrogen) atoms. The van der Waals surface area contributed by atoms with Crippen LogP contribution >= 0.6 is 0 Å². The van der Waals surface area contributed by atoms with Crippen LogP contribution in [0.1, 0.15) is 160 Å². The van der Waals surface area contributed by atoms with E-state index in [9.17, 15) is 19.8 Å². The second-order valence-electron chi connectivity index (χ2n) is 19.4. The molecule has 2 aliphatic carbocycles. The summed E-state index contributed by atoms with van der Waals surface area (Å²) < 4.78 is 37.6. The molecular weight excluding hydrogens is 891 g/mol. The number of aliphatic hydroxyl groups is 2. The largest absolute Gasteiger partial charge is 0.497 e. The number of fused-ring (bicyclic) bond motifs is 2. The number of rotatable bonds is 30. The molecule has 2 heterocycles. The molecule has 388 valence electrons. The van der Waals surface area contributed by atoms with Gasteiger partial charge in [-0.3, -0.25) is 10.1 Å². The molecule has 2 amide bonds. The van der Waals surface area contributed by atoms with Gasteiger partial charge in [-0.05, 0) is 99.1 Å². The van der Waals surface area contributed by atoms with Gasteiger partial charge in [-0.1, -0.05) is 95.4 Å². The van der Waals surface area contributed by atoms with E-state index in [1.54, 1.807) is 37.5 Å². The number of carbonyl (C=O) groups is 2. The Morgan fingerprint density at radius 2 is 1.63 bits per heavy atom. The van der Waals surface area contributed by atoms with Gasteiger partial charge in [0.2, 0.25) is 18.0 Å². The van der Waals surface area contributed by atoms with Crippen molar-refractivity contribution in [1.82, 2.24) is 4.90 Å². The molecule has 7 atom stereocenters. The maximum absolute atomic E-state index is 14.9. The number of anilines is 1. The number of aliphatic hydroxyl groups excluding tert-OH is 2. The van der Waals surface area contributed by atoms with Crippen LogP contribution in [-0.4, -0.2) is 98.1 Å². The zero-order valence-electron chi connectivity index (χ0n) is 42.6. The van der Waals surface area contributed by atoms with E-state index < -0.39 is 30.1 Å². The van der Waals surface area contributed by atoms with Crippen molar-refractivity contribution in [2.75, 3.05) is 52.5 Å². The lowest BCUT2D eigenvalue weighted by Crippen LogP contribution is -2.70. The molecule has 0 radical (unpaired) electrons. The number of hydrogen-bond donors (Lipinski definition) is 3. The normalized spacial score (nSPS) is 24.1. The third kappa shape index (κ3) is 14.1. The SMILES string of the molecule is C=CCOC12Oc3ccc(OC(=O)Nc4ccc(OC)cc4OC)cc3C3C(CCCCO)C(CCCCO)C=C(C(=NOC4CCCCO4)CC1N(CCC)C(=O)CCCCCCCCCCC)C32. The molecule has 7 unspecified atom stereocenters. The fourth-order valence-electron chi connectivity index (χ4n) is 11.2. The lowest BCUT2D eigenvalue weighted by atomic mass is 9.55. The second-order valence-corrected chi connectivity index (χ2v) is 19.4. The number of oxime groups is 1. The standard InChI is InChI=1S/C56H83N3O11/c1-6-9-10-11-12-13-14-15-16-25-51(62)59(31-7-2)50-39-47(58-70-52-26-19-22-35-66-52)44-36-40(23-17-20-32-60)43(24-18-21-33-61)53-45-37-42(28-30-48(45)69-56(50,54(44)53)67-34-8-3)68-55(63)57-46-29-27-41(64-4)38-49(46)65-5/h8,27-30,36-38,40,43,50,52-54,60-61H,3,6-7,9-26,31-35,39H2,1-2,4-5H3,(H,57,63). The summed E-state index contributed by atoms with van der Waals surface area (Å²) in [6, 6.07) is 9.99. The van der Waals surface area contributed by atoms with Crippen molar-refractivity contribution in [2.24, 2.45) is 22.9 Å². The van der Waals surface area contributed by atoms with Crippen molar-refractivity contribution in [3.8, 4) is 23.0 Å². The van der Waals surface area contributed by atoms with Crippen LogP contribution in [0.3, 0.4) is 0 Å². The van der Waals surface area contributed by atoms with Crippen LogP contribution in [0.4, 0.5) is 10.5 Å². The van der Waals surface area contributed by atoms with E-state index >= 15 is 0 Å². The Balaban J connectivity index is 1.45. The van der Waals surface area contributed by atoms with Crippen molar-refractivity contribution in [3.05, 3.63) is 66.3 Å². The van der Waals surface area contributed by atoms with Gasteiger partial charge in [0.25, 0.3) is 0 Å². The summed E-state index contributed by atoms with van der Waals surface area (Å²) >= 11 is 0. The lowest BCUT2D eigenvalue weighted by Gasteiger charge is -2.60. The molecule has 1 saturated carbocycles. The minimum atomic E-state index is -1.38. The van der Waals surface area contributed by atoms with E-state index in [4.69, 9.17) is 38.4 Å². The number of methoxy groups -OCH3 is 2. The summed E-state index contributed by atoms with van der Waals surface area (Å²) in [5.74, 6) is -0.164. The third-order valence-corrected chi connectivity index (χ3v) is 14.6. The molecule has 1 saturated heterocycles. The molecule has 2 aromatic carbocycles.